The molecule has 1 N–H and O–H groups in total. The number of carbonyl (C=O) groups is 1. The van der Waals surface area contributed by atoms with Crippen molar-refractivity contribution >= 4 is 27.7 Å². The van der Waals surface area contributed by atoms with Crippen LogP contribution in [-0.4, -0.2) is 35.7 Å². The molecule has 0 radical (unpaired) electrons. The van der Waals surface area contributed by atoms with Gasteiger partial charge < -0.3 is 15.0 Å². The van der Waals surface area contributed by atoms with Gasteiger partial charge in [0, 0.05) is 29.5 Å². The molecule has 6 heteroatoms. The molecule has 3 rings (SSSR count). The molecule has 2 aliphatic heterocycles. The maximum atomic E-state index is 12.3. The van der Waals surface area contributed by atoms with Gasteiger partial charge in [-0.05, 0) is 44.9 Å². The largest absolute Gasteiger partial charge is 0.444 e. The van der Waals surface area contributed by atoms with Crippen LogP contribution in [0.25, 0.3) is 0 Å². The van der Waals surface area contributed by atoms with Crippen LogP contribution in [0.1, 0.15) is 44.2 Å². The van der Waals surface area contributed by atoms with Crippen LogP contribution in [0.4, 0.5) is 10.5 Å². The van der Waals surface area contributed by atoms with Crippen molar-refractivity contribution in [3.63, 3.8) is 0 Å². The number of halogens is 1. The second-order valence-electron chi connectivity index (χ2n) is 7.10. The van der Waals surface area contributed by atoms with E-state index in [1.807, 2.05) is 32.9 Å². The van der Waals surface area contributed by atoms with E-state index in [0.29, 0.717) is 18.7 Å². The fourth-order valence-electron chi connectivity index (χ4n) is 3.29. The molecule has 2 atom stereocenters. The van der Waals surface area contributed by atoms with Gasteiger partial charge >= 0.3 is 6.09 Å². The first-order valence-corrected chi connectivity index (χ1v) is 8.56. The van der Waals surface area contributed by atoms with Gasteiger partial charge in [-0.15, -0.1) is 0 Å². The van der Waals surface area contributed by atoms with E-state index >= 15 is 0 Å². The van der Waals surface area contributed by atoms with Crippen molar-refractivity contribution in [1.29, 1.82) is 5.26 Å². The molecular weight excluding hydrogens is 358 g/mol. The third kappa shape index (κ3) is 3.16. The number of benzene rings is 1. The Morgan fingerprint density at radius 1 is 1.48 bits per heavy atom. The van der Waals surface area contributed by atoms with E-state index in [9.17, 15) is 10.1 Å². The topological polar surface area (TPSA) is 65.4 Å². The minimum absolute atomic E-state index is 0.191. The zero-order chi connectivity index (χ0) is 16.8. The first-order chi connectivity index (χ1) is 10.8. The van der Waals surface area contributed by atoms with Crippen molar-refractivity contribution in [1.82, 2.24) is 4.90 Å². The molecule has 1 saturated heterocycles. The van der Waals surface area contributed by atoms with Crippen LogP contribution >= 0.6 is 15.9 Å². The van der Waals surface area contributed by atoms with Crippen LogP contribution < -0.4 is 5.32 Å². The van der Waals surface area contributed by atoms with E-state index in [0.717, 1.165) is 22.1 Å². The summed E-state index contributed by atoms with van der Waals surface area (Å²) in [4.78, 5) is 14.1. The first-order valence-electron chi connectivity index (χ1n) is 7.76. The van der Waals surface area contributed by atoms with Crippen LogP contribution in [0.5, 0.6) is 0 Å². The van der Waals surface area contributed by atoms with Crippen LogP contribution in [0, 0.1) is 11.3 Å². The number of carbonyl (C=O) groups excluding carboxylic acids is 1. The monoisotopic (exact) mass is 377 g/mol. The fraction of sp³-hybridized carbons (Fsp3) is 0.529. The molecule has 0 bridgehead atoms. The summed E-state index contributed by atoms with van der Waals surface area (Å²) in [6.45, 7) is 6.90. The summed E-state index contributed by atoms with van der Waals surface area (Å²) in [6, 6.07) is 6.39. The average Bonchev–Trinajstić information content (AvgIpc) is 2.82. The summed E-state index contributed by atoms with van der Waals surface area (Å²) < 4.78 is 6.38. The Morgan fingerprint density at radius 3 is 2.87 bits per heavy atom. The maximum Gasteiger partial charge on any atom is 0.410 e. The van der Waals surface area contributed by atoms with Gasteiger partial charge in [-0.1, -0.05) is 15.9 Å². The number of nitriles is 1. The van der Waals surface area contributed by atoms with Gasteiger partial charge in [0.1, 0.15) is 11.7 Å². The molecule has 1 aromatic carbocycles. The maximum absolute atomic E-state index is 12.3. The number of ether oxygens (including phenoxy) is 1. The van der Waals surface area contributed by atoms with Crippen LogP contribution in [0.2, 0.25) is 0 Å². The molecule has 5 nitrogen and oxygen atoms in total. The Labute approximate surface area is 144 Å². The minimum Gasteiger partial charge on any atom is -0.444 e. The number of hydrogen-bond acceptors (Lipinski definition) is 4. The second kappa shape index (κ2) is 5.72. The number of amides is 1. The highest BCUT2D eigenvalue weighted by Gasteiger charge is 2.40. The number of fused-ring (bicyclic) bond motifs is 3. The molecule has 2 unspecified atom stereocenters. The summed E-state index contributed by atoms with van der Waals surface area (Å²) in [5.74, 6) is 0.191. The third-order valence-electron chi connectivity index (χ3n) is 4.25. The number of anilines is 1. The van der Waals surface area contributed by atoms with Gasteiger partial charge in [-0.2, -0.15) is 5.26 Å². The van der Waals surface area contributed by atoms with Gasteiger partial charge in [-0.3, -0.25) is 0 Å². The lowest BCUT2D eigenvalue weighted by Crippen LogP contribution is -2.46. The predicted molar refractivity (Wildman–Crippen MR) is 91.4 cm³/mol. The Morgan fingerprint density at radius 2 is 2.22 bits per heavy atom. The fourth-order valence-corrected chi connectivity index (χ4v) is 3.76. The summed E-state index contributed by atoms with van der Waals surface area (Å²) in [7, 11) is 0. The van der Waals surface area contributed by atoms with Crippen molar-refractivity contribution < 1.29 is 9.53 Å². The summed E-state index contributed by atoms with van der Waals surface area (Å²) in [6.07, 6.45) is 0.584. The van der Waals surface area contributed by atoms with Gasteiger partial charge in [0.05, 0.1) is 11.3 Å². The Kier molecular flexibility index (Phi) is 4.01. The van der Waals surface area contributed by atoms with Crippen molar-refractivity contribution in [2.45, 2.75) is 44.8 Å². The van der Waals surface area contributed by atoms with Crippen molar-refractivity contribution in [3.05, 3.63) is 27.7 Å². The molecule has 0 saturated carbocycles. The first kappa shape index (κ1) is 16.1. The van der Waals surface area contributed by atoms with Crippen LogP contribution in [0.15, 0.2) is 16.6 Å². The third-order valence-corrected chi connectivity index (χ3v) is 4.71. The molecule has 122 valence electrons. The average molecular weight is 378 g/mol. The van der Waals surface area contributed by atoms with Crippen LogP contribution in [0.3, 0.4) is 0 Å². The molecular formula is C17H20BrN3O2. The predicted octanol–water partition coefficient (Wildman–Crippen LogP) is 3.84. The van der Waals surface area contributed by atoms with E-state index in [4.69, 9.17) is 4.74 Å². The van der Waals surface area contributed by atoms with Crippen molar-refractivity contribution in [2.75, 3.05) is 18.4 Å². The molecule has 2 aliphatic rings. The molecule has 0 aliphatic carbocycles. The molecule has 1 aromatic rings. The van der Waals surface area contributed by atoms with Crippen molar-refractivity contribution in [3.8, 4) is 6.07 Å². The molecule has 23 heavy (non-hydrogen) atoms. The quantitative estimate of drug-likeness (QED) is 0.745. The minimum atomic E-state index is -0.489. The van der Waals surface area contributed by atoms with Gasteiger partial charge in [0.25, 0.3) is 0 Å². The Balaban J connectivity index is 1.84. The van der Waals surface area contributed by atoms with Gasteiger partial charge in [-0.25, -0.2) is 4.79 Å². The molecule has 0 spiro atoms. The number of nitrogens with zero attached hydrogens (tertiary/aromatic N) is 2. The number of piperidine rings is 1. The van der Waals surface area contributed by atoms with E-state index in [1.165, 1.54) is 0 Å². The molecule has 2 heterocycles. The lowest BCUT2D eigenvalue weighted by Gasteiger charge is -2.36. The Bertz CT molecular complexity index is 690. The van der Waals surface area contributed by atoms with Gasteiger partial charge in [0.15, 0.2) is 0 Å². The van der Waals surface area contributed by atoms with E-state index < -0.39 is 5.60 Å². The second-order valence-corrected chi connectivity index (χ2v) is 8.02. The lowest BCUT2D eigenvalue weighted by atomic mass is 9.89. The number of rotatable bonds is 0. The van der Waals surface area contributed by atoms with E-state index in [2.05, 4.69) is 27.3 Å². The van der Waals surface area contributed by atoms with E-state index in [-0.39, 0.29) is 18.1 Å². The normalized spacial score (nSPS) is 22.7. The molecule has 1 amide bonds. The van der Waals surface area contributed by atoms with Gasteiger partial charge in [0.2, 0.25) is 0 Å². The highest BCUT2D eigenvalue weighted by Crippen LogP contribution is 2.43. The number of likely N-dealkylation sites (tertiary alicyclic amines) is 1. The SMILES string of the molecule is CC(C)(C)OC(=O)N1CCC2Nc3c(C#N)cc(Br)cc3C2C1. The van der Waals surface area contributed by atoms with Crippen LogP contribution in [-0.2, 0) is 4.74 Å². The highest BCUT2D eigenvalue weighted by atomic mass is 79.9. The lowest BCUT2D eigenvalue weighted by molar-refractivity contribution is 0.0195. The zero-order valence-electron chi connectivity index (χ0n) is 13.5. The summed E-state index contributed by atoms with van der Waals surface area (Å²) in [5, 5.41) is 12.8. The Hall–Kier alpha value is -1.74. The summed E-state index contributed by atoms with van der Waals surface area (Å²) in [5.41, 5.74) is 2.18. The molecule has 1 fully saturated rings. The zero-order valence-corrected chi connectivity index (χ0v) is 15.1. The molecule has 0 aromatic heterocycles. The number of nitrogens with one attached hydrogen (secondary N) is 1. The summed E-state index contributed by atoms with van der Waals surface area (Å²) >= 11 is 3.47. The number of hydrogen-bond donors (Lipinski definition) is 1. The standard InChI is InChI=1S/C17H20BrN3O2/c1-17(2,3)23-16(22)21-5-4-14-13(9-21)12-7-11(18)6-10(8-19)15(12)20-14/h6-7,13-14,20H,4-5,9H2,1-3H3. The highest BCUT2D eigenvalue weighted by molar-refractivity contribution is 9.10. The van der Waals surface area contributed by atoms with Crippen molar-refractivity contribution in [2.24, 2.45) is 0 Å². The van der Waals surface area contributed by atoms with E-state index in [1.54, 1.807) is 4.90 Å². The smallest absolute Gasteiger partial charge is 0.410 e.